The maximum absolute atomic E-state index is 14.3. The Bertz CT molecular complexity index is 1590. The van der Waals surface area contributed by atoms with Crippen molar-refractivity contribution < 1.29 is 38.5 Å². The number of carboxylic acids is 1. The molecule has 1 aromatic heterocycles. The van der Waals surface area contributed by atoms with E-state index in [1.165, 1.54) is 11.0 Å². The lowest BCUT2D eigenvalue weighted by Gasteiger charge is -2.35. The molecule has 12 nitrogen and oxygen atoms in total. The molecule has 3 aliphatic rings. The van der Waals surface area contributed by atoms with Crippen molar-refractivity contribution in [1.29, 1.82) is 0 Å². The summed E-state index contributed by atoms with van der Waals surface area (Å²) in [6, 6.07) is 5.35. The number of pyridine rings is 1. The molecule has 0 bridgehead atoms. The number of rotatable bonds is 10. The minimum Gasteiger partial charge on any atom is -0.497 e. The molecule has 2 unspecified atom stereocenters. The van der Waals surface area contributed by atoms with Crippen molar-refractivity contribution in [3.05, 3.63) is 42.6 Å². The average molecular weight is 651 g/mol. The number of carbonyl (C=O) groups is 4. The lowest BCUT2D eigenvalue weighted by atomic mass is 9.85. The number of methoxy groups -OCH3 is 1. The van der Waals surface area contributed by atoms with Gasteiger partial charge < -0.3 is 34.9 Å². The molecular weight excluding hydrogens is 604 g/mol. The summed E-state index contributed by atoms with van der Waals surface area (Å²) < 4.78 is 17.5. The highest BCUT2D eigenvalue weighted by molar-refractivity contribution is 5.96. The van der Waals surface area contributed by atoms with Crippen molar-refractivity contribution in [3.63, 3.8) is 0 Å². The highest BCUT2D eigenvalue weighted by Crippen LogP contribution is 2.45. The van der Waals surface area contributed by atoms with E-state index in [4.69, 9.17) is 19.2 Å². The molecule has 1 saturated heterocycles. The first-order valence-electron chi connectivity index (χ1n) is 16.1. The van der Waals surface area contributed by atoms with Crippen LogP contribution in [0.5, 0.6) is 11.5 Å². The molecule has 5 atom stereocenters. The van der Waals surface area contributed by atoms with Crippen molar-refractivity contribution in [2.45, 2.75) is 102 Å². The zero-order chi connectivity index (χ0) is 34.5. The van der Waals surface area contributed by atoms with E-state index < -0.39 is 64.5 Å². The summed E-state index contributed by atoms with van der Waals surface area (Å²) in [4.78, 5) is 59.6. The summed E-state index contributed by atoms with van der Waals surface area (Å²) in [6.45, 7) is 14.3. The van der Waals surface area contributed by atoms with E-state index in [9.17, 15) is 24.3 Å². The van der Waals surface area contributed by atoms with Crippen LogP contribution < -0.4 is 20.1 Å². The van der Waals surface area contributed by atoms with E-state index in [1.54, 1.807) is 48.7 Å². The van der Waals surface area contributed by atoms with Crippen molar-refractivity contribution in [2.75, 3.05) is 13.7 Å². The Morgan fingerprint density at radius 2 is 1.83 bits per heavy atom. The van der Waals surface area contributed by atoms with Crippen molar-refractivity contribution in [1.82, 2.24) is 20.5 Å². The van der Waals surface area contributed by atoms with Crippen LogP contribution in [0.15, 0.2) is 36.9 Å². The first-order valence-corrected chi connectivity index (χ1v) is 16.1. The van der Waals surface area contributed by atoms with Gasteiger partial charge in [0.05, 0.1) is 19.2 Å². The molecule has 12 heteroatoms. The van der Waals surface area contributed by atoms with Gasteiger partial charge in [-0.1, -0.05) is 26.8 Å². The van der Waals surface area contributed by atoms with Crippen LogP contribution in [0.2, 0.25) is 0 Å². The van der Waals surface area contributed by atoms with Crippen LogP contribution in [0, 0.1) is 11.3 Å². The number of carboxylic acid groups (broad SMARTS) is 1. The molecular formula is C35H46N4O8. The van der Waals surface area contributed by atoms with Gasteiger partial charge in [0.15, 0.2) is 0 Å². The van der Waals surface area contributed by atoms with Crippen LogP contribution >= 0.6 is 0 Å². The van der Waals surface area contributed by atoms with Crippen molar-refractivity contribution in [2.24, 2.45) is 11.3 Å². The van der Waals surface area contributed by atoms with Crippen molar-refractivity contribution >= 4 is 34.8 Å². The molecule has 0 spiro atoms. The number of hydrogen-bond acceptors (Lipinski definition) is 8. The number of ether oxygens (including phenoxy) is 3. The molecule has 2 saturated carbocycles. The highest BCUT2D eigenvalue weighted by Gasteiger charge is 2.61. The number of benzene rings is 1. The van der Waals surface area contributed by atoms with Gasteiger partial charge in [0.1, 0.15) is 40.8 Å². The molecule has 2 aliphatic carbocycles. The number of nitrogens with zero attached hydrogens (tertiary/aromatic N) is 2. The van der Waals surface area contributed by atoms with Crippen LogP contribution in [0.25, 0.3) is 10.9 Å². The minimum absolute atomic E-state index is 0.0309. The Hall–Kier alpha value is -4.35. The fourth-order valence-corrected chi connectivity index (χ4v) is 6.12. The molecule has 0 radical (unpaired) electrons. The van der Waals surface area contributed by atoms with Gasteiger partial charge in [-0.05, 0) is 57.6 Å². The maximum Gasteiger partial charge on any atom is 0.408 e. The molecule has 3 N–H and O–H groups in total. The minimum atomic E-state index is -1.48. The maximum atomic E-state index is 14.3. The van der Waals surface area contributed by atoms with Crippen LogP contribution in [0.4, 0.5) is 4.79 Å². The number of fused-ring (bicyclic) bond motifs is 1. The molecule has 254 valence electrons. The number of aliphatic carboxylic acids is 1. The largest absolute Gasteiger partial charge is 0.497 e. The Kier molecular flexibility index (Phi) is 8.93. The number of hydrogen-bond donors (Lipinski definition) is 3. The predicted octanol–water partition coefficient (Wildman–Crippen LogP) is 4.55. The van der Waals surface area contributed by atoms with E-state index in [-0.39, 0.29) is 19.4 Å². The van der Waals surface area contributed by atoms with E-state index in [0.717, 1.165) is 23.9 Å². The first kappa shape index (κ1) is 34.0. The lowest BCUT2D eigenvalue weighted by Crippen LogP contribution is -2.59. The van der Waals surface area contributed by atoms with Crippen LogP contribution in [0.3, 0.4) is 0 Å². The first-order chi connectivity index (χ1) is 22.0. The number of amides is 3. The molecule has 2 heterocycles. The van der Waals surface area contributed by atoms with Gasteiger partial charge in [0, 0.05) is 41.5 Å². The third kappa shape index (κ3) is 7.31. The number of carbonyl (C=O) groups excluding carboxylic acids is 3. The molecule has 5 rings (SSSR count). The van der Waals surface area contributed by atoms with Gasteiger partial charge in [-0.15, -0.1) is 6.58 Å². The topological polar surface area (TPSA) is 156 Å². The number of alkyl carbamates (subject to hydrolysis) is 1. The summed E-state index contributed by atoms with van der Waals surface area (Å²) in [7, 11) is 1.59. The average Bonchev–Trinajstić information content (AvgIpc) is 3.90. The van der Waals surface area contributed by atoms with Crippen LogP contribution in [0.1, 0.15) is 78.8 Å². The molecule has 3 amide bonds. The van der Waals surface area contributed by atoms with Gasteiger partial charge in [0.25, 0.3) is 0 Å². The monoisotopic (exact) mass is 650 g/mol. The van der Waals surface area contributed by atoms with Crippen LogP contribution in [-0.4, -0.2) is 81.8 Å². The second-order valence-electron chi connectivity index (χ2n) is 14.9. The Balaban J connectivity index is 1.47. The summed E-state index contributed by atoms with van der Waals surface area (Å²) in [5.74, 6) is -1.13. The molecule has 3 fully saturated rings. The molecule has 1 aromatic carbocycles. The van der Waals surface area contributed by atoms with E-state index >= 15 is 0 Å². The number of likely N-dealkylation sites (tertiary alicyclic amines) is 1. The fraction of sp³-hybridized carbons (Fsp3) is 0.571. The molecule has 47 heavy (non-hydrogen) atoms. The van der Waals surface area contributed by atoms with Gasteiger partial charge in [0.2, 0.25) is 11.8 Å². The van der Waals surface area contributed by atoms with Crippen LogP contribution in [-0.2, 0) is 19.1 Å². The summed E-state index contributed by atoms with van der Waals surface area (Å²) >= 11 is 0. The van der Waals surface area contributed by atoms with Crippen molar-refractivity contribution in [3.8, 4) is 11.5 Å². The van der Waals surface area contributed by atoms with Gasteiger partial charge in [-0.25, -0.2) is 9.59 Å². The van der Waals surface area contributed by atoms with E-state index in [0.29, 0.717) is 22.9 Å². The second kappa shape index (κ2) is 12.4. The fourth-order valence-electron chi connectivity index (χ4n) is 6.12. The summed E-state index contributed by atoms with van der Waals surface area (Å²) in [5.41, 5.74) is -1.42. The normalized spacial score (nSPS) is 24.7. The Morgan fingerprint density at radius 3 is 2.38 bits per heavy atom. The molecule has 1 aliphatic heterocycles. The lowest BCUT2D eigenvalue weighted by molar-refractivity contribution is -0.146. The van der Waals surface area contributed by atoms with E-state index in [1.807, 2.05) is 24.3 Å². The highest BCUT2D eigenvalue weighted by atomic mass is 16.6. The zero-order valence-electron chi connectivity index (χ0n) is 28.2. The SMILES string of the molecule is C=C[C@@H]1CC1(NC(=O)C1C[C@@H](Oc2cc(C3CC3)nc3cc(OC)ccc23)CN1C(=O)[C@@H](NC(=O)OC(C)(C)C)C(C)(C)C)C(=O)O. The van der Waals surface area contributed by atoms with E-state index in [2.05, 4.69) is 17.2 Å². The van der Waals surface area contributed by atoms with Gasteiger partial charge in [-0.2, -0.15) is 0 Å². The summed E-state index contributed by atoms with van der Waals surface area (Å²) in [6.07, 6.45) is 2.51. The Labute approximate surface area is 275 Å². The standard InChI is InChI=1S/C35H46N4O8/c1-9-20-17-35(20,31(42)43)38-29(40)26-15-22(18-39(26)30(41)28(33(2,3)4)37-32(44)47-34(5,6)7)46-27-16-24(19-10-11-19)36-25-14-21(45-8)12-13-23(25)27/h9,12-14,16,19-20,22,26,28H,1,10-11,15,17-18H2,2-8H3,(H,37,44)(H,38,40)(H,42,43)/t20-,22-,26?,28-,35?/m1/s1. The smallest absolute Gasteiger partial charge is 0.408 e. The Morgan fingerprint density at radius 1 is 1.13 bits per heavy atom. The number of aromatic nitrogens is 1. The third-order valence-electron chi connectivity index (χ3n) is 8.94. The second-order valence-corrected chi connectivity index (χ2v) is 14.9. The molecule has 2 aromatic rings. The van der Waals surface area contributed by atoms with Gasteiger partial charge in [-0.3, -0.25) is 14.6 Å². The quantitative estimate of drug-likeness (QED) is 0.314. The third-order valence-corrected chi connectivity index (χ3v) is 8.94. The number of nitrogens with one attached hydrogen (secondary N) is 2. The summed E-state index contributed by atoms with van der Waals surface area (Å²) in [5, 5.41) is 16.2. The van der Waals surface area contributed by atoms with Gasteiger partial charge >= 0.3 is 12.1 Å². The predicted molar refractivity (Wildman–Crippen MR) is 174 cm³/mol. The zero-order valence-corrected chi connectivity index (χ0v) is 28.2.